The average molecular weight is 278 g/mol. The number of likely N-dealkylation sites (tertiary alicyclic amines) is 1. The first-order chi connectivity index (χ1) is 9.11. The first kappa shape index (κ1) is 14.4. The molecule has 0 aliphatic carbocycles. The Balaban J connectivity index is 1.97. The Morgan fingerprint density at radius 1 is 1.21 bits per heavy atom. The van der Waals surface area contributed by atoms with Crippen molar-refractivity contribution in [1.82, 2.24) is 9.80 Å². The van der Waals surface area contributed by atoms with E-state index in [1.807, 2.05) is 35.4 Å². The predicted octanol–water partition coefficient (Wildman–Crippen LogP) is 2.57. The Morgan fingerprint density at radius 3 is 2.26 bits per heavy atom. The van der Waals surface area contributed by atoms with Crippen LogP contribution in [-0.4, -0.2) is 55.2 Å². The molecule has 0 aromatic heterocycles. The summed E-state index contributed by atoms with van der Waals surface area (Å²) in [4.78, 5) is 17.8. The van der Waals surface area contributed by atoms with Gasteiger partial charge >= 0.3 is 0 Å². The molecule has 0 N–H and O–H groups in total. The van der Waals surface area contributed by atoms with Crippen molar-refractivity contribution in [2.45, 2.75) is 23.8 Å². The van der Waals surface area contributed by atoms with Crippen molar-refractivity contribution < 1.29 is 4.79 Å². The van der Waals surface area contributed by atoms with E-state index in [0.29, 0.717) is 6.04 Å². The standard InChI is InChI=1S/C15H22N2OS/c1-16(2)13-8-10-17(11-9-13)15(18)12-4-6-14(19-3)7-5-12/h4-7,13H,8-11H2,1-3H3. The molecule has 1 aromatic carbocycles. The molecule has 0 bridgehead atoms. The normalized spacial score (nSPS) is 16.9. The summed E-state index contributed by atoms with van der Waals surface area (Å²) in [6.45, 7) is 1.73. The lowest BCUT2D eigenvalue weighted by molar-refractivity contribution is 0.0663. The van der Waals surface area contributed by atoms with E-state index in [9.17, 15) is 4.79 Å². The van der Waals surface area contributed by atoms with Crippen molar-refractivity contribution in [1.29, 1.82) is 0 Å². The Morgan fingerprint density at radius 2 is 1.79 bits per heavy atom. The molecule has 1 aromatic rings. The zero-order valence-electron chi connectivity index (χ0n) is 11.9. The molecule has 1 fully saturated rings. The van der Waals surface area contributed by atoms with Crippen molar-refractivity contribution in [2.24, 2.45) is 0 Å². The average Bonchev–Trinajstić information content (AvgIpc) is 2.46. The number of hydrogen-bond donors (Lipinski definition) is 0. The molecular formula is C15H22N2OS. The molecule has 0 spiro atoms. The molecule has 0 atom stereocenters. The van der Waals surface area contributed by atoms with Gasteiger partial charge in [0, 0.05) is 29.6 Å². The van der Waals surface area contributed by atoms with Gasteiger partial charge < -0.3 is 9.80 Å². The highest BCUT2D eigenvalue weighted by Gasteiger charge is 2.24. The molecule has 1 amide bonds. The summed E-state index contributed by atoms with van der Waals surface area (Å²) in [6.07, 6.45) is 4.19. The van der Waals surface area contributed by atoms with Crippen LogP contribution in [-0.2, 0) is 0 Å². The molecule has 19 heavy (non-hydrogen) atoms. The quantitative estimate of drug-likeness (QED) is 0.794. The number of benzene rings is 1. The lowest BCUT2D eigenvalue weighted by Crippen LogP contribution is -2.44. The summed E-state index contributed by atoms with van der Waals surface area (Å²) in [7, 11) is 4.23. The Kier molecular flexibility index (Phi) is 4.88. The van der Waals surface area contributed by atoms with Crippen LogP contribution in [0.25, 0.3) is 0 Å². The van der Waals surface area contributed by atoms with Crippen molar-refractivity contribution >= 4 is 17.7 Å². The molecule has 104 valence electrons. The van der Waals surface area contributed by atoms with Gasteiger partial charge in [0.2, 0.25) is 0 Å². The van der Waals surface area contributed by atoms with E-state index < -0.39 is 0 Å². The van der Waals surface area contributed by atoms with Gasteiger partial charge in [-0.1, -0.05) is 0 Å². The second kappa shape index (κ2) is 6.44. The zero-order valence-corrected chi connectivity index (χ0v) is 12.7. The Labute approximate surface area is 120 Å². The third kappa shape index (κ3) is 3.51. The molecule has 0 saturated carbocycles. The van der Waals surface area contributed by atoms with Crippen LogP contribution in [0.1, 0.15) is 23.2 Å². The molecule has 0 unspecified atom stereocenters. The van der Waals surface area contributed by atoms with Gasteiger partial charge in [-0.3, -0.25) is 4.79 Å². The minimum Gasteiger partial charge on any atom is -0.339 e. The van der Waals surface area contributed by atoms with Crippen LogP contribution in [0.3, 0.4) is 0 Å². The number of piperidine rings is 1. The van der Waals surface area contributed by atoms with Crippen LogP contribution >= 0.6 is 11.8 Å². The number of carbonyl (C=O) groups is 1. The lowest BCUT2D eigenvalue weighted by atomic mass is 10.0. The predicted molar refractivity (Wildman–Crippen MR) is 80.8 cm³/mol. The third-order valence-electron chi connectivity index (χ3n) is 3.82. The van der Waals surface area contributed by atoms with Crippen molar-refractivity contribution in [2.75, 3.05) is 33.4 Å². The van der Waals surface area contributed by atoms with Crippen molar-refractivity contribution in [3.63, 3.8) is 0 Å². The van der Waals surface area contributed by atoms with Crippen LogP contribution in [0.5, 0.6) is 0 Å². The van der Waals surface area contributed by atoms with E-state index in [2.05, 4.69) is 19.0 Å². The largest absolute Gasteiger partial charge is 0.339 e. The van der Waals surface area contributed by atoms with E-state index in [1.54, 1.807) is 11.8 Å². The van der Waals surface area contributed by atoms with Gasteiger partial charge in [0.15, 0.2) is 0 Å². The van der Waals surface area contributed by atoms with Gasteiger partial charge in [-0.25, -0.2) is 0 Å². The molecular weight excluding hydrogens is 256 g/mol. The smallest absolute Gasteiger partial charge is 0.253 e. The molecule has 2 rings (SSSR count). The maximum absolute atomic E-state index is 12.4. The monoisotopic (exact) mass is 278 g/mol. The van der Waals surface area contributed by atoms with Crippen LogP contribution in [0.15, 0.2) is 29.2 Å². The third-order valence-corrected chi connectivity index (χ3v) is 4.56. The summed E-state index contributed by atoms with van der Waals surface area (Å²) < 4.78 is 0. The first-order valence-electron chi connectivity index (χ1n) is 6.71. The topological polar surface area (TPSA) is 23.6 Å². The number of thioether (sulfide) groups is 1. The van der Waals surface area contributed by atoms with Crippen LogP contribution in [0.2, 0.25) is 0 Å². The summed E-state index contributed by atoms with van der Waals surface area (Å²) in [6, 6.07) is 8.52. The molecule has 1 aliphatic heterocycles. The molecule has 1 aliphatic rings. The summed E-state index contributed by atoms with van der Waals surface area (Å²) >= 11 is 1.70. The van der Waals surface area contributed by atoms with E-state index >= 15 is 0 Å². The van der Waals surface area contributed by atoms with Crippen molar-refractivity contribution in [3.05, 3.63) is 29.8 Å². The SMILES string of the molecule is CSc1ccc(C(=O)N2CCC(N(C)C)CC2)cc1. The highest BCUT2D eigenvalue weighted by molar-refractivity contribution is 7.98. The van der Waals surface area contributed by atoms with E-state index in [-0.39, 0.29) is 5.91 Å². The highest BCUT2D eigenvalue weighted by Crippen LogP contribution is 2.19. The van der Waals surface area contributed by atoms with Gasteiger partial charge in [0.1, 0.15) is 0 Å². The summed E-state index contributed by atoms with van der Waals surface area (Å²) in [5.74, 6) is 0.171. The van der Waals surface area contributed by atoms with E-state index in [4.69, 9.17) is 0 Å². The Hall–Kier alpha value is -1.00. The highest BCUT2D eigenvalue weighted by atomic mass is 32.2. The number of hydrogen-bond acceptors (Lipinski definition) is 3. The second-order valence-corrected chi connectivity index (χ2v) is 6.10. The minimum absolute atomic E-state index is 0.171. The maximum Gasteiger partial charge on any atom is 0.253 e. The summed E-state index contributed by atoms with van der Waals surface area (Å²) in [5, 5.41) is 0. The fraction of sp³-hybridized carbons (Fsp3) is 0.533. The molecule has 1 heterocycles. The van der Waals surface area contributed by atoms with Gasteiger partial charge in [0.25, 0.3) is 5.91 Å². The Bertz CT molecular complexity index is 422. The van der Waals surface area contributed by atoms with Crippen LogP contribution in [0.4, 0.5) is 0 Å². The summed E-state index contributed by atoms with van der Waals surface area (Å²) in [5.41, 5.74) is 0.807. The number of rotatable bonds is 3. The van der Waals surface area contributed by atoms with Crippen molar-refractivity contribution in [3.8, 4) is 0 Å². The molecule has 4 heteroatoms. The van der Waals surface area contributed by atoms with E-state index in [0.717, 1.165) is 31.5 Å². The molecule has 0 radical (unpaired) electrons. The van der Waals surface area contributed by atoms with Gasteiger partial charge in [-0.2, -0.15) is 0 Å². The molecule has 3 nitrogen and oxygen atoms in total. The minimum atomic E-state index is 0.171. The first-order valence-corrected chi connectivity index (χ1v) is 7.94. The maximum atomic E-state index is 12.4. The van der Waals surface area contributed by atoms with Gasteiger partial charge in [-0.15, -0.1) is 11.8 Å². The van der Waals surface area contributed by atoms with Crippen LogP contribution < -0.4 is 0 Å². The lowest BCUT2D eigenvalue weighted by Gasteiger charge is -2.35. The zero-order chi connectivity index (χ0) is 13.8. The van der Waals surface area contributed by atoms with Crippen LogP contribution in [0, 0.1) is 0 Å². The fourth-order valence-corrected chi connectivity index (χ4v) is 2.91. The van der Waals surface area contributed by atoms with Gasteiger partial charge in [-0.05, 0) is 57.5 Å². The number of nitrogens with zero attached hydrogens (tertiary/aromatic N) is 2. The molecule has 1 saturated heterocycles. The number of amides is 1. The van der Waals surface area contributed by atoms with E-state index in [1.165, 1.54) is 4.90 Å². The van der Waals surface area contributed by atoms with Gasteiger partial charge in [0.05, 0.1) is 0 Å². The second-order valence-electron chi connectivity index (χ2n) is 5.22. The fourth-order valence-electron chi connectivity index (χ4n) is 2.50. The number of carbonyl (C=O) groups excluding carboxylic acids is 1.